The van der Waals surface area contributed by atoms with E-state index < -0.39 is 0 Å². The Kier molecular flexibility index (Phi) is 3.04. The topological polar surface area (TPSA) is 96.7 Å². The first kappa shape index (κ1) is 12.1. The number of aromatic nitrogens is 4. The van der Waals surface area contributed by atoms with E-state index in [1.165, 1.54) is 4.68 Å². The highest BCUT2D eigenvalue weighted by atomic mass is 35.5. The van der Waals surface area contributed by atoms with Crippen molar-refractivity contribution in [1.82, 2.24) is 20.0 Å². The first-order valence-corrected chi connectivity index (χ1v) is 5.38. The monoisotopic (exact) mass is 263 g/mol. The lowest BCUT2D eigenvalue weighted by Crippen LogP contribution is -2.11. The van der Waals surface area contributed by atoms with Gasteiger partial charge in [-0.2, -0.15) is 9.94 Å². The van der Waals surface area contributed by atoms with Gasteiger partial charge in [-0.25, -0.2) is 0 Å². The van der Waals surface area contributed by atoms with Gasteiger partial charge < -0.3 is 10.6 Å². The van der Waals surface area contributed by atoms with Gasteiger partial charge in [0.15, 0.2) is 16.8 Å². The number of nitrogens with zero attached hydrogens (tertiary/aromatic N) is 6. The molecule has 0 atom stereocenters. The van der Waals surface area contributed by atoms with Crippen molar-refractivity contribution < 1.29 is 0 Å². The second-order valence-electron chi connectivity index (χ2n) is 3.72. The fourth-order valence-electron chi connectivity index (χ4n) is 1.44. The summed E-state index contributed by atoms with van der Waals surface area (Å²) in [5.41, 5.74) is 6.18. The minimum Gasteiger partial charge on any atom is -0.382 e. The highest BCUT2D eigenvalue weighted by molar-refractivity contribution is 6.29. The van der Waals surface area contributed by atoms with Crippen LogP contribution in [0.5, 0.6) is 0 Å². The van der Waals surface area contributed by atoms with Gasteiger partial charge >= 0.3 is 0 Å². The van der Waals surface area contributed by atoms with Crippen LogP contribution >= 0.6 is 11.6 Å². The highest BCUT2D eigenvalue weighted by Crippen LogP contribution is 2.24. The third-order valence-corrected chi connectivity index (χ3v) is 2.47. The number of nitriles is 1. The van der Waals surface area contributed by atoms with Crippen LogP contribution in [0.3, 0.4) is 0 Å². The molecule has 2 aromatic heterocycles. The summed E-state index contributed by atoms with van der Waals surface area (Å²) in [7, 11) is 3.56. The first-order valence-electron chi connectivity index (χ1n) is 5.00. The molecule has 0 aliphatic rings. The van der Waals surface area contributed by atoms with Gasteiger partial charge in [0, 0.05) is 14.1 Å². The zero-order valence-electron chi connectivity index (χ0n) is 9.79. The Morgan fingerprint density at radius 3 is 2.56 bits per heavy atom. The van der Waals surface area contributed by atoms with Crippen LogP contribution in [0, 0.1) is 11.3 Å². The molecule has 92 valence electrons. The number of rotatable bonds is 2. The molecular formula is C10H10ClN7. The minimum atomic E-state index is 0.220. The molecule has 7 nitrogen and oxygen atoms in total. The molecule has 0 unspecified atom stereocenters. The predicted molar refractivity (Wildman–Crippen MR) is 67.6 cm³/mol. The molecule has 0 radical (unpaired) electrons. The van der Waals surface area contributed by atoms with Crippen LogP contribution in [0.15, 0.2) is 12.1 Å². The van der Waals surface area contributed by atoms with Gasteiger partial charge in [0.05, 0.1) is 0 Å². The van der Waals surface area contributed by atoms with Crippen molar-refractivity contribution in [3.63, 3.8) is 0 Å². The van der Waals surface area contributed by atoms with Crippen LogP contribution < -0.4 is 10.6 Å². The summed E-state index contributed by atoms with van der Waals surface area (Å²) in [4.78, 5) is 1.70. The number of hydrogen-bond donors (Lipinski definition) is 1. The minimum absolute atomic E-state index is 0.220. The second-order valence-corrected chi connectivity index (χ2v) is 4.10. The number of halogens is 1. The number of nitrogens with two attached hydrogens (primary N) is 1. The van der Waals surface area contributed by atoms with E-state index in [-0.39, 0.29) is 11.0 Å². The molecule has 2 heterocycles. The molecule has 8 heteroatoms. The third kappa shape index (κ3) is 1.94. The average Bonchev–Trinajstić information content (AvgIpc) is 2.67. The fourth-order valence-corrected chi connectivity index (χ4v) is 1.54. The summed E-state index contributed by atoms with van der Waals surface area (Å²) in [6.07, 6.45) is 0. The standard InChI is InChI=1S/C10H10ClN7/c1-17(2)10-6(5-12)9(13)18(16-10)8-4-3-7(11)14-15-8/h3-4H,13H2,1-2H3. The van der Waals surface area contributed by atoms with Gasteiger partial charge in [-0.3, -0.25) is 0 Å². The zero-order chi connectivity index (χ0) is 13.3. The van der Waals surface area contributed by atoms with Crippen LogP contribution in [0.4, 0.5) is 11.6 Å². The fraction of sp³-hybridized carbons (Fsp3) is 0.200. The third-order valence-electron chi connectivity index (χ3n) is 2.27. The Bertz CT molecular complexity index is 608. The lowest BCUT2D eigenvalue weighted by Gasteiger charge is -2.07. The maximum atomic E-state index is 9.09. The van der Waals surface area contributed by atoms with Crippen LogP contribution in [-0.2, 0) is 0 Å². The predicted octanol–water partition coefficient (Wildman–Crippen LogP) is 0.836. The zero-order valence-corrected chi connectivity index (χ0v) is 10.5. The summed E-state index contributed by atoms with van der Waals surface area (Å²) >= 11 is 5.66. The van der Waals surface area contributed by atoms with Gasteiger partial charge in [-0.05, 0) is 12.1 Å². The number of hydrogen-bond acceptors (Lipinski definition) is 6. The summed E-state index contributed by atoms with van der Waals surface area (Å²) < 4.78 is 1.36. The quantitative estimate of drug-likeness (QED) is 0.862. The van der Waals surface area contributed by atoms with Crippen molar-refractivity contribution >= 4 is 23.2 Å². The largest absolute Gasteiger partial charge is 0.382 e. The van der Waals surface area contributed by atoms with Crippen LogP contribution in [-0.4, -0.2) is 34.1 Å². The molecule has 0 amide bonds. The van der Waals surface area contributed by atoms with Gasteiger partial charge in [0.1, 0.15) is 17.5 Å². The van der Waals surface area contributed by atoms with Crippen LogP contribution in [0.1, 0.15) is 5.56 Å². The summed E-state index contributed by atoms with van der Waals surface area (Å²) in [6.45, 7) is 0. The first-order chi connectivity index (χ1) is 8.54. The second kappa shape index (κ2) is 4.50. The van der Waals surface area contributed by atoms with Crippen molar-refractivity contribution in [1.29, 1.82) is 5.26 Å². The molecule has 0 saturated heterocycles. The van der Waals surface area contributed by atoms with Gasteiger partial charge in [-0.15, -0.1) is 15.3 Å². The van der Waals surface area contributed by atoms with E-state index in [4.69, 9.17) is 22.6 Å². The summed E-state index contributed by atoms with van der Waals surface area (Å²) in [5.74, 6) is 1.10. The molecule has 2 N–H and O–H groups in total. The van der Waals surface area contributed by atoms with E-state index >= 15 is 0 Å². The molecule has 0 aliphatic carbocycles. The van der Waals surface area contributed by atoms with E-state index in [1.54, 1.807) is 31.1 Å². The number of anilines is 2. The van der Waals surface area contributed by atoms with Crippen molar-refractivity contribution in [2.75, 3.05) is 24.7 Å². The molecular weight excluding hydrogens is 254 g/mol. The van der Waals surface area contributed by atoms with E-state index in [0.29, 0.717) is 17.2 Å². The Hall–Kier alpha value is -2.33. The molecule has 2 aromatic rings. The van der Waals surface area contributed by atoms with Crippen LogP contribution in [0.2, 0.25) is 5.15 Å². The van der Waals surface area contributed by atoms with E-state index in [1.807, 2.05) is 6.07 Å². The van der Waals surface area contributed by atoms with E-state index in [0.717, 1.165) is 0 Å². The average molecular weight is 264 g/mol. The van der Waals surface area contributed by atoms with Gasteiger partial charge in [0.2, 0.25) is 0 Å². The van der Waals surface area contributed by atoms with E-state index in [9.17, 15) is 0 Å². The lowest BCUT2D eigenvalue weighted by atomic mass is 10.3. The molecule has 0 spiro atoms. The Morgan fingerprint density at radius 1 is 1.39 bits per heavy atom. The van der Waals surface area contributed by atoms with Crippen molar-refractivity contribution in [3.8, 4) is 11.9 Å². The van der Waals surface area contributed by atoms with Crippen molar-refractivity contribution in [2.24, 2.45) is 0 Å². The molecule has 2 rings (SSSR count). The molecule has 0 aliphatic heterocycles. The van der Waals surface area contributed by atoms with Gasteiger partial charge in [0.25, 0.3) is 0 Å². The SMILES string of the molecule is CN(C)c1nn(-c2ccc(Cl)nn2)c(N)c1C#N. The normalized spacial score (nSPS) is 10.1. The number of nitrogen functional groups attached to an aromatic ring is 1. The maximum Gasteiger partial charge on any atom is 0.178 e. The summed E-state index contributed by atoms with van der Waals surface area (Å²) in [5, 5.41) is 21.2. The molecule has 18 heavy (non-hydrogen) atoms. The van der Waals surface area contributed by atoms with Gasteiger partial charge in [-0.1, -0.05) is 11.6 Å². The Labute approximate surface area is 108 Å². The van der Waals surface area contributed by atoms with Crippen molar-refractivity contribution in [3.05, 3.63) is 22.8 Å². The maximum absolute atomic E-state index is 9.09. The molecule has 0 aromatic carbocycles. The van der Waals surface area contributed by atoms with Crippen molar-refractivity contribution in [2.45, 2.75) is 0 Å². The highest BCUT2D eigenvalue weighted by Gasteiger charge is 2.18. The lowest BCUT2D eigenvalue weighted by molar-refractivity contribution is 0.816. The van der Waals surface area contributed by atoms with Crippen LogP contribution in [0.25, 0.3) is 5.82 Å². The summed E-state index contributed by atoms with van der Waals surface area (Å²) in [6, 6.07) is 5.22. The molecule has 0 fully saturated rings. The smallest absolute Gasteiger partial charge is 0.178 e. The Morgan fingerprint density at radius 2 is 2.11 bits per heavy atom. The molecule has 0 bridgehead atoms. The molecule has 0 saturated carbocycles. The Balaban J connectivity index is 2.59. The van der Waals surface area contributed by atoms with E-state index in [2.05, 4.69) is 15.3 Å².